The fourth-order valence-corrected chi connectivity index (χ4v) is 3.37. The summed E-state index contributed by atoms with van der Waals surface area (Å²) in [5.74, 6) is -2.21. The molecule has 2 atom stereocenters. The van der Waals surface area contributed by atoms with E-state index in [0.717, 1.165) is 13.0 Å². The first-order chi connectivity index (χ1) is 10.5. The number of nitrogens with zero attached hydrogens (tertiary/aromatic N) is 4. The lowest BCUT2D eigenvalue weighted by atomic mass is 10.1. The normalized spacial score (nSPS) is 27.1. The van der Waals surface area contributed by atoms with E-state index in [1.165, 1.54) is 4.90 Å². The van der Waals surface area contributed by atoms with Crippen molar-refractivity contribution in [2.75, 3.05) is 18.5 Å². The molecule has 1 saturated carbocycles. The zero-order valence-electron chi connectivity index (χ0n) is 12.6. The second-order valence-corrected chi connectivity index (χ2v) is 6.10. The van der Waals surface area contributed by atoms with Gasteiger partial charge >= 0.3 is 0 Å². The maximum absolute atomic E-state index is 13.4. The number of carbonyl (C=O) groups excluding carboxylic acids is 1. The number of halogens is 2. The predicted molar refractivity (Wildman–Crippen MR) is 77.8 cm³/mol. The van der Waals surface area contributed by atoms with Gasteiger partial charge in [-0.25, -0.2) is 18.7 Å². The Hall–Kier alpha value is -1.79. The highest BCUT2D eigenvalue weighted by molar-refractivity contribution is 5.85. The Kier molecular flexibility index (Phi) is 3.97. The van der Waals surface area contributed by atoms with Gasteiger partial charge in [-0.3, -0.25) is 4.79 Å². The summed E-state index contributed by atoms with van der Waals surface area (Å²) >= 11 is 0. The molecule has 0 spiro atoms. The quantitative estimate of drug-likeness (QED) is 0.858. The van der Waals surface area contributed by atoms with Gasteiger partial charge in [-0.05, 0) is 25.3 Å². The van der Waals surface area contributed by atoms with Crippen LogP contribution in [-0.2, 0) is 4.79 Å². The summed E-state index contributed by atoms with van der Waals surface area (Å²) in [4.78, 5) is 24.5. The molecule has 0 bridgehead atoms. The largest absolute Gasteiger partial charge is 0.341 e. The third kappa shape index (κ3) is 2.89. The van der Waals surface area contributed by atoms with Crippen molar-refractivity contribution in [3.05, 3.63) is 18.5 Å². The summed E-state index contributed by atoms with van der Waals surface area (Å²) in [6, 6.07) is 1.01. The van der Waals surface area contributed by atoms with E-state index in [2.05, 4.69) is 9.97 Å². The molecular weight excluding hydrogens is 290 g/mol. The lowest BCUT2D eigenvalue weighted by Crippen LogP contribution is -2.48. The van der Waals surface area contributed by atoms with E-state index in [1.807, 2.05) is 4.90 Å². The number of hydrogen-bond donors (Lipinski definition) is 0. The average molecular weight is 310 g/mol. The highest BCUT2D eigenvalue weighted by Crippen LogP contribution is 2.37. The standard InChI is InChI=1S/C15H20F2N4O/c1-20(11-5-6-15(16,17)10-11)13(22)12-4-2-9-21(12)14-18-7-3-8-19-14/h3,7-8,11-12H,2,4-6,9-10H2,1H3. The third-order valence-electron chi connectivity index (χ3n) is 4.62. The SMILES string of the molecule is CN(C(=O)C1CCCN1c1ncccn1)C1CCC(F)(F)C1. The van der Waals surface area contributed by atoms with E-state index in [-0.39, 0.29) is 30.8 Å². The van der Waals surface area contributed by atoms with Crippen LogP contribution >= 0.6 is 0 Å². The van der Waals surface area contributed by atoms with Crippen molar-refractivity contribution in [1.29, 1.82) is 0 Å². The first-order valence-electron chi connectivity index (χ1n) is 7.66. The molecule has 2 unspecified atom stereocenters. The van der Waals surface area contributed by atoms with Crippen LogP contribution in [0.25, 0.3) is 0 Å². The van der Waals surface area contributed by atoms with Crippen LogP contribution in [0.5, 0.6) is 0 Å². The third-order valence-corrected chi connectivity index (χ3v) is 4.62. The van der Waals surface area contributed by atoms with Crippen LogP contribution in [-0.4, -0.2) is 52.4 Å². The van der Waals surface area contributed by atoms with E-state index in [1.54, 1.807) is 25.5 Å². The van der Waals surface area contributed by atoms with Gasteiger partial charge in [0.05, 0.1) is 0 Å². The monoisotopic (exact) mass is 310 g/mol. The molecule has 1 aromatic heterocycles. The van der Waals surface area contributed by atoms with Crippen LogP contribution in [0.15, 0.2) is 18.5 Å². The minimum Gasteiger partial charge on any atom is -0.341 e. The molecule has 3 rings (SSSR count). The first-order valence-corrected chi connectivity index (χ1v) is 7.66. The average Bonchev–Trinajstić information content (AvgIpc) is 3.13. The fourth-order valence-electron chi connectivity index (χ4n) is 3.37. The molecule has 120 valence electrons. The van der Waals surface area contributed by atoms with Crippen LogP contribution in [0.2, 0.25) is 0 Å². The lowest BCUT2D eigenvalue weighted by molar-refractivity contribution is -0.133. The molecule has 0 radical (unpaired) electrons. The Morgan fingerprint density at radius 3 is 2.73 bits per heavy atom. The predicted octanol–water partition coefficient (Wildman–Crippen LogP) is 2.09. The maximum Gasteiger partial charge on any atom is 0.250 e. The Balaban J connectivity index is 1.71. The first kappa shape index (κ1) is 15.1. The molecule has 22 heavy (non-hydrogen) atoms. The zero-order chi connectivity index (χ0) is 15.7. The van der Waals surface area contributed by atoms with Gasteiger partial charge in [0.25, 0.3) is 0 Å². The Bertz CT molecular complexity index is 540. The van der Waals surface area contributed by atoms with Gasteiger partial charge in [0.1, 0.15) is 6.04 Å². The summed E-state index contributed by atoms with van der Waals surface area (Å²) < 4.78 is 26.7. The van der Waals surface area contributed by atoms with Crippen molar-refractivity contribution < 1.29 is 13.6 Å². The molecule has 2 aliphatic rings. The number of aromatic nitrogens is 2. The second-order valence-electron chi connectivity index (χ2n) is 6.10. The van der Waals surface area contributed by atoms with Crippen LogP contribution in [0.1, 0.15) is 32.1 Å². The van der Waals surface area contributed by atoms with Crippen molar-refractivity contribution >= 4 is 11.9 Å². The van der Waals surface area contributed by atoms with Gasteiger partial charge < -0.3 is 9.80 Å². The van der Waals surface area contributed by atoms with E-state index in [0.29, 0.717) is 18.8 Å². The van der Waals surface area contributed by atoms with E-state index in [9.17, 15) is 13.6 Å². The minimum atomic E-state index is -2.64. The Labute approximate surface area is 128 Å². The number of hydrogen-bond acceptors (Lipinski definition) is 4. The fraction of sp³-hybridized carbons (Fsp3) is 0.667. The molecule has 7 heteroatoms. The van der Waals surface area contributed by atoms with Gasteiger partial charge in [0.2, 0.25) is 17.8 Å². The van der Waals surface area contributed by atoms with E-state index in [4.69, 9.17) is 0 Å². The minimum absolute atomic E-state index is 0.104. The van der Waals surface area contributed by atoms with Gasteiger partial charge in [-0.2, -0.15) is 0 Å². The van der Waals surface area contributed by atoms with Gasteiger partial charge in [0.15, 0.2) is 0 Å². The lowest BCUT2D eigenvalue weighted by Gasteiger charge is -2.31. The van der Waals surface area contributed by atoms with Gasteiger partial charge in [0, 0.05) is 44.9 Å². The van der Waals surface area contributed by atoms with Crippen LogP contribution in [0, 0.1) is 0 Å². The molecule has 0 N–H and O–H groups in total. The highest BCUT2D eigenvalue weighted by Gasteiger charge is 2.44. The Morgan fingerprint density at radius 2 is 2.09 bits per heavy atom. The van der Waals surface area contributed by atoms with Crippen molar-refractivity contribution in [3.8, 4) is 0 Å². The molecule has 5 nitrogen and oxygen atoms in total. The van der Waals surface area contributed by atoms with Gasteiger partial charge in [-0.1, -0.05) is 0 Å². The molecule has 2 fully saturated rings. The number of carbonyl (C=O) groups is 1. The molecule has 1 aromatic rings. The molecule has 1 aliphatic carbocycles. The summed E-state index contributed by atoms with van der Waals surface area (Å²) in [6.45, 7) is 0.717. The summed E-state index contributed by atoms with van der Waals surface area (Å²) in [6.07, 6.45) is 4.87. The number of anilines is 1. The van der Waals surface area contributed by atoms with Crippen LogP contribution in [0.4, 0.5) is 14.7 Å². The number of amides is 1. The van der Waals surface area contributed by atoms with Crippen LogP contribution in [0.3, 0.4) is 0 Å². The highest BCUT2D eigenvalue weighted by atomic mass is 19.3. The number of rotatable bonds is 3. The van der Waals surface area contributed by atoms with E-state index >= 15 is 0 Å². The smallest absolute Gasteiger partial charge is 0.250 e. The van der Waals surface area contributed by atoms with Crippen molar-refractivity contribution in [1.82, 2.24) is 14.9 Å². The number of likely N-dealkylation sites (N-methyl/N-ethyl adjacent to an activating group) is 1. The van der Waals surface area contributed by atoms with Crippen LogP contribution < -0.4 is 4.90 Å². The van der Waals surface area contributed by atoms with Crippen molar-refractivity contribution in [2.45, 2.75) is 50.1 Å². The van der Waals surface area contributed by atoms with Crippen molar-refractivity contribution in [3.63, 3.8) is 0 Å². The maximum atomic E-state index is 13.4. The summed E-state index contributed by atoms with van der Waals surface area (Å²) in [5, 5.41) is 0. The summed E-state index contributed by atoms with van der Waals surface area (Å²) in [5.41, 5.74) is 0. The van der Waals surface area contributed by atoms with Gasteiger partial charge in [-0.15, -0.1) is 0 Å². The number of alkyl halides is 2. The molecule has 1 amide bonds. The van der Waals surface area contributed by atoms with E-state index < -0.39 is 5.92 Å². The molecule has 1 saturated heterocycles. The Morgan fingerprint density at radius 1 is 1.36 bits per heavy atom. The summed E-state index contributed by atoms with van der Waals surface area (Å²) in [7, 11) is 1.64. The zero-order valence-corrected chi connectivity index (χ0v) is 12.6. The molecule has 0 aromatic carbocycles. The molecular formula is C15H20F2N4O. The molecule has 2 heterocycles. The second kappa shape index (κ2) is 5.78. The van der Waals surface area contributed by atoms with Crippen molar-refractivity contribution in [2.24, 2.45) is 0 Å². The topological polar surface area (TPSA) is 49.3 Å². The molecule has 1 aliphatic heterocycles.